The Balaban J connectivity index is 3.03. The molecule has 5 heteroatoms. The lowest BCUT2D eigenvalue weighted by Crippen LogP contribution is -2.48. The summed E-state index contributed by atoms with van der Waals surface area (Å²) in [5, 5.41) is 2.82. The molecule has 5 nitrogen and oxygen atoms in total. The van der Waals surface area contributed by atoms with Gasteiger partial charge in [0.2, 0.25) is 11.8 Å². The monoisotopic (exact) mass is 320 g/mol. The number of methoxy groups -OCH3 is 1. The Morgan fingerprint density at radius 3 is 2.57 bits per heavy atom. The number of nitrogens with zero attached hydrogens (tertiary/aromatic N) is 1. The summed E-state index contributed by atoms with van der Waals surface area (Å²) >= 11 is 0. The molecule has 0 fully saturated rings. The first-order chi connectivity index (χ1) is 11.1. The SMILES string of the molecule is CCCC(=O)N(Cc1cccc(OC)c1)[C@@H](CC)C(=O)NCC. The summed E-state index contributed by atoms with van der Waals surface area (Å²) in [7, 11) is 1.61. The third-order valence-electron chi connectivity index (χ3n) is 3.69. The number of benzene rings is 1. The van der Waals surface area contributed by atoms with Crippen LogP contribution in [0.15, 0.2) is 24.3 Å². The van der Waals surface area contributed by atoms with E-state index in [2.05, 4.69) is 5.32 Å². The van der Waals surface area contributed by atoms with Crippen LogP contribution in [-0.2, 0) is 16.1 Å². The topological polar surface area (TPSA) is 58.6 Å². The van der Waals surface area contributed by atoms with Crippen molar-refractivity contribution in [2.24, 2.45) is 0 Å². The molecule has 0 aliphatic rings. The van der Waals surface area contributed by atoms with Crippen LogP contribution in [0.1, 0.15) is 45.6 Å². The zero-order chi connectivity index (χ0) is 17.2. The van der Waals surface area contributed by atoms with Gasteiger partial charge in [0.25, 0.3) is 0 Å². The van der Waals surface area contributed by atoms with Gasteiger partial charge in [0.15, 0.2) is 0 Å². The molecule has 0 radical (unpaired) electrons. The maximum atomic E-state index is 12.5. The Labute approximate surface area is 139 Å². The van der Waals surface area contributed by atoms with Crippen LogP contribution in [-0.4, -0.2) is 36.4 Å². The number of ether oxygens (including phenoxy) is 1. The maximum Gasteiger partial charge on any atom is 0.242 e. The molecule has 1 aromatic carbocycles. The third-order valence-corrected chi connectivity index (χ3v) is 3.69. The van der Waals surface area contributed by atoms with Crippen molar-refractivity contribution in [1.29, 1.82) is 0 Å². The van der Waals surface area contributed by atoms with E-state index in [1.165, 1.54) is 0 Å². The average molecular weight is 320 g/mol. The van der Waals surface area contributed by atoms with E-state index in [0.29, 0.717) is 25.9 Å². The number of hydrogen-bond acceptors (Lipinski definition) is 3. The Kier molecular flexibility index (Phi) is 8.16. The fraction of sp³-hybridized carbons (Fsp3) is 0.556. The van der Waals surface area contributed by atoms with Gasteiger partial charge in [-0.1, -0.05) is 26.0 Å². The van der Waals surface area contributed by atoms with Crippen molar-refractivity contribution in [2.75, 3.05) is 13.7 Å². The summed E-state index contributed by atoms with van der Waals surface area (Å²) in [6.07, 6.45) is 1.80. The predicted molar refractivity (Wildman–Crippen MR) is 91.2 cm³/mol. The van der Waals surface area contributed by atoms with Crippen molar-refractivity contribution in [1.82, 2.24) is 10.2 Å². The van der Waals surface area contributed by atoms with Gasteiger partial charge in [-0.15, -0.1) is 0 Å². The molecule has 2 amide bonds. The number of hydrogen-bond donors (Lipinski definition) is 1. The zero-order valence-corrected chi connectivity index (χ0v) is 14.6. The molecule has 0 aliphatic carbocycles. The number of carbonyl (C=O) groups excluding carboxylic acids is 2. The van der Waals surface area contributed by atoms with E-state index in [-0.39, 0.29) is 11.8 Å². The van der Waals surface area contributed by atoms with Crippen LogP contribution in [0.2, 0.25) is 0 Å². The first-order valence-corrected chi connectivity index (χ1v) is 8.27. The van der Waals surface area contributed by atoms with Crippen molar-refractivity contribution in [3.63, 3.8) is 0 Å². The van der Waals surface area contributed by atoms with Gasteiger partial charge in [-0.05, 0) is 37.5 Å². The van der Waals surface area contributed by atoms with Crippen LogP contribution in [0.25, 0.3) is 0 Å². The minimum atomic E-state index is -0.444. The van der Waals surface area contributed by atoms with Gasteiger partial charge in [0.1, 0.15) is 11.8 Å². The molecular formula is C18H28N2O3. The Morgan fingerprint density at radius 1 is 1.26 bits per heavy atom. The highest BCUT2D eigenvalue weighted by Gasteiger charge is 2.27. The van der Waals surface area contributed by atoms with Crippen molar-refractivity contribution < 1.29 is 14.3 Å². The van der Waals surface area contributed by atoms with E-state index < -0.39 is 6.04 Å². The highest BCUT2D eigenvalue weighted by atomic mass is 16.5. The molecular weight excluding hydrogens is 292 g/mol. The largest absolute Gasteiger partial charge is 0.497 e. The molecule has 1 rings (SSSR count). The van der Waals surface area contributed by atoms with Gasteiger partial charge < -0.3 is 15.0 Å². The standard InChI is InChI=1S/C18H28N2O3/c1-5-9-17(21)20(16(6-2)18(22)19-7-3)13-14-10-8-11-15(12-14)23-4/h8,10-12,16H,5-7,9,13H2,1-4H3,(H,19,22)/t16-/m0/s1. The van der Waals surface area contributed by atoms with E-state index >= 15 is 0 Å². The molecule has 1 aromatic rings. The number of nitrogens with one attached hydrogen (secondary N) is 1. The highest BCUT2D eigenvalue weighted by molar-refractivity contribution is 5.87. The van der Waals surface area contributed by atoms with Gasteiger partial charge in [0.05, 0.1) is 7.11 Å². The molecule has 0 heterocycles. The summed E-state index contributed by atoms with van der Waals surface area (Å²) in [5.41, 5.74) is 0.955. The van der Waals surface area contributed by atoms with Gasteiger partial charge in [0, 0.05) is 19.5 Å². The Hall–Kier alpha value is -2.04. The van der Waals surface area contributed by atoms with Crippen molar-refractivity contribution in [3.05, 3.63) is 29.8 Å². The van der Waals surface area contributed by atoms with Crippen molar-refractivity contribution in [2.45, 2.75) is 52.6 Å². The Bertz CT molecular complexity index is 517. The van der Waals surface area contributed by atoms with E-state index in [1.54, 1.807) is 12.0 Å². The van der Waals surface area contributed by atoms with Crippen LogP contribution in [0.3, 0.4) is 0 Å². The lowest BCUT2D eigenvalue weighted by Gasteiger charge is -2.30. The van der Waals surface area contributed by atoms with Crippen LogP contribution in [0, 0.1) is 0 Å². The lowest BCUT2D eigenvalue weighted by atomic mass is 10.1. The number of carbonyl (C=O) groups is 2. The molecule has 0 aliphatic heterocycles. The summed E-state index contributed by atoms with van der Waals surface area (Å²) < 4.78 is 5.23. The quantitative estimate of drug-likeness (QED) is 0.761. The van der Waals surface area contributed by atoms with E-state index in [0.717, 1.165) is 17.7 Å². The second-order valence-electron chi connectivity index (χ2n) is 5.44. The average Bonchev–Trinajstić information content (AvgIpc) is 2.55. The number of rotatable bonds is 9. The normalized spacial score (nSPS) is 11.7. The van der Waals surface area contributed by atoms with Gasteiger partial charge in [-0.3, -0.25) is 9.59 Å². The summed E-state index contributed by atoms with van der Waals surface area (Å²) in [6.45, 7) is 6.74. The molecule has 128 valence electrons. The summed E-state index contributed by atoms with van der Waals surface area (Å²) in [6, 6.07) is 7.16. The molecule has 1 N–H and O–H groups in total. The summed E-state index contributed by atoms with van der Waals surface area (Å²) in [5.74, 6) is 0.659. The summed E-state index contributed by atoms with van der Waals surface area (Å²) in [4.78, 5) is 26.5. The molecule has 1 atom stereocenters. The minimum Gasteiger partial charge on any atom is -0.497 e. The smallest absolute Gasteiger partial charge is 0.242 e. The van der Waals surface area contributed by atoms with Gasteiger partial charge in [-0.25, -0.2) is 0 Å². The molecule has 0 saturated carbocycles. The lowest BCUT2D eigenvalue weighted by molar-refractivity contribution is -0.141. The second kappa shape index (κ2) is 9.87. The van der Waals surface area contributed by atoms with E-state index in [4.69, 9.17) is 4.74 Å². The molecule has 0 unspecified atom stereocenters. The van der Waals surface area contributed by atoms with E-state index in [1.807, 2.05) is 45.0 Å². The molecule has 0 aromatic heterocycles. The van der Waals surface area contributed by atoms with E-state index in [9.17, 15) is 9.59 Å². The van der Waals surface area contributed by atoms with Crippen LogP contribution in [0.4, 0.5) is 0 Å². The first-order valence-electron chi connectivity index (χ1n) is 8.27. The second-order valence-corrected chi connectivity index (χ2v) is 5.44. The third kappa shape index (κ3) is 5.58. The molecule has 0 bridgehead atoms. The maximum absolute atomic E-state index is 12.5. The number of amides is 2. The predicted octanol–water partition coefficient (Wildman–Crippen LogP) is 2.74. The molecule has 0 saturated heterocycles. The van der Waals surface area contributed by atoms with Gasteiger partial charge >= 0.3 is 0 Å². The van der Waals surface area contributed by atoms with Crippen LogP contribution in [0.5, 0.6) is 5.75 Å². The van der Waals surface area contributed by atoms with Gasteiger partial charge in [-0.2, -0.15) is 0 Å². The van der Waals surface area contributed by atoms with Crippen LogP contribution < -0.4 is 10.1 Å². The fourth-order valence-corrected chi connectivity index (χ4v) is 2.54. The highest BCUT2D eigenvalue weighted by Crippen LogP contribution is 2.18. The number of likely N-dealkylation sites (N-methyl/N-ethyl adjacent to an activating group) is 1. The molecule has 0 spiro atoms. The molecule has 23 heavy (non-hydrogen) atoms. The van der Waals surface area contributed by atoms with Crippen LogP contribution >= 0.6 is 0 Å². The Morgan fingerprint density at radius 2 is 2.00 bits per heavy atom. The fourth-order valence-electron chi connectivity index (χ4n) is 2.54. The minimum absolute atomic E-state index is 0.00780. The first kappa shape index (κ1) is 19.0. The van der Waals surface area contributed by atoms with Crippen molar-refractivity contribution >= 4 is 11.8 Å². The van der Waals surface area contributed by atoms with Crippen molar-refractivity contribution in [3.8, 4) is 5.75 Å². The zero-order valence-electron chi connectivity index (χ0n) is 14.6.